The normalized spacial score (nSPS) is 12.3. The Kier molecular flexibility index (Phi) is 7.34. The van der Waals surface area contributed by atoms with Gasteiger partial charge in [-0.15, -0.1) is 0 Å². The summed E-state index contributed by atoms with van der Waals surface area (Å²) in [4.78, 5) is 22.9. The third-order valence-electron chi connectivity index (χ3n) is 3.60. The van der Waals surface area contributed by atoms with E-state index in [-0.39, 0.29) is 22.7 Å². The Morgan fingerprint density at radius 2 is 1.89 bits per heavy atom. The van der Waals surface area contributed by atoms with Gasteiger partial charge in [-0.25, -0.2) is 8.42 Å². The third-order valence-corrected chi connectivity index (χ3v) is 5.73. The van der Waals surface area contributed by atoms with E-state index in [1.807, 2.05) is 6.26 Å². The van der Waals surface area contributed by atoms with Crippen LogP contribution in [0.3, 0.4) is 0 Å². The van der Waals surface area contributed by atoms with Gasteiger partial charge in [-0.2, -0.15) is 16.5 Å². The largest absolute Gasteiger partial charge is 0.324 e. The van der Waals surface area contributed by atoms with Crippen LogP contribution < -0.4 is 10.0 Å². The minimum atomic E-state index is -3.88. The van der Waals surface area contributed by atoms with Crippen LogP contribution in [-0.4, -0.2) is 37.3 Å². The highest BCUT2D eigenvalue weighted by Gasteiger charge is 2.25. The second-order valence-corrected chi connectivity index (χ2v) is 8.26. The van der Waals surface area contributed by atoms with E-state index in [0.717, 1.165) is 0 Å². The molecule has 144 valence electrons. The van der Waals surface area contributed by atoms with Gasteiger partial charge in [0.1, 0.15) is 6.04 Å². The van der Waals surface area contributed by atoms with Gasteiger partial charge in [0.15, 0.2) is 0 Å². The van der Waals surface area contributed by atoms with Crippen molar-refractivity contribution in [3.63, 3.8) is 0 Å². The van der Waals surface area contributed by atoms with E-state index in [1.54, 1.807) is 18.2 Å². The molecule has 0 aliphatic heterocycles. The summed E-state index contributed by atoms with van der Waals surface area (Å²) < 4.78 is 27.5. The summed E-state index contributed by atoms with van der Waals surface area (Å²) in [6.45, 7) is 0. The zero-order chi connectivity index (χ0) is 19.9. The van der Waals surface area contributed by atoms with Crippen LogP contribution in [0.5, 0.6) is 0 Å². The van der Waals surface area contributed by atoms with Crippen molar-refractivity contribution in [1.29, 1.82) is 0 Å². The van der Waals surface area contributed by atoms with Crippen LogP contribution in [0.1, 0.15) is 6.42 Å². The van der Waals surface area contributed by atoms with E-state index in [9.17, 15) is 23.3 Å². The molecule has 0 bridgehead atoms. The molecule has 0 aliphatic carbocycles. The van der Waals surface area contributed by atoms with Crippen LogP contribution in [0.25, 0.3) is 0 Å². The number of nitrogens with zero attached hydrogens (tertiary/aromatic N) is 1. The Morgan fingerprint density at radius 1 is 1.19 bits per heavy atom. The van der Waals surface area contributed by atoms with Crippen molar-refractivity contribution >= 4 is 39.1 Å². The Bertz CT molecular complexity index is 904. The smallest absolute Gasteiger partial charge is 0.271 e. The number of nitrogens with one attached hydrogen (secondary N) is 2. The van der Waals surface area contributed by atoms with E-state index in [4.69, 9.17) is 0 Å². The first-order valence-corrected chi connectivity index (χ1v) is 10.8. The number of carbonyl (C=O) groups is 1. The van der Waals surface area contributed by atoms with Gasteiger partial charge in [-0.3, -0.25) is 14.9 Å². The molecule has 2 rings (SSSR count). The van der Waals surface area contributed by atoms with Gasteiger partial charge in [0, 0.05) is 17.8 Å². The third kappa shape index (κ3) is 6.05. The monoisotopic (exact) mass is 409 g/mol. The highest BCUT2D eigenvalue weighted by atomic mass is 32.2. The Labute approximate surface area is 161 Å². The first-order valence-electron chi connectivity index (χ1n) is 7.95. The molecular formula is C17H19N3O5S2. The number of benzene rings is 2. The maximum Gasteiger partial charge on any atom is 0.271 e. The van der Waals surface area contributed by atoms with Gasteiger partial charge in [0.05, 0.1) is 9.82 Å². The van der Waals surface area contributed by atoms with Crippen LogP contribution >= 0.6 is 11.8 Å². The van der Waals surface area contributed by atoms with E-state index < -0.39 is 26.9 Å². The average Bonchev–Trinajstić information content (AvgIpc) is 2.66. The molecule has 0 unspecified atom stereocenters. The highest BCUT2D eigenvalue weighted by molar-refractivity contribution is 7.98. The lowest BCUT2D eigenvalue weighted by Crippen LogP contribution is -2.44. The summed E-state index contributed by atoms with van der Waals surface area (Å²) in [6, 6.07) is 12.2. The fraction of sp³-hybridized carbons (Fsp3) is 0.235. The van der Waals surface area contributed by atoms with Crippen LogP contribution in [0.4, 0.5) is 11.4 Å². The number of nitro benzene ring substituents is 1. The maximum atomic E-state index is 12.6. The zero-order valence-electron chi connectivity index (χ0n) is 14.5. The number of rotatable bonds is 9. The number of nitro groups is 1. The number of hydrogen-bond acceptors (Lipinski definition) is 6. The first-order chi connectivity index (χ1) is 12.8. The van der Waals surface area contributed by atoms with Crippen molar-refractivity contribution in [1.82, 2.24) is 4.72 Å². The molecule has 0 radical (unpaired) electrons. The van der Waals surface area contributed by atoms with Crippen LogP contribution in [-0.2, 0) is 14.8 Å². The molecule has 2 N–H and O–H groups in total. The fourth-order valence-electron chi connectivity index (χ4n) is 2.26. The molecule has 2 aromatic rings. The number of carbonyl (C=O) groups excluding carboxylic acids is 1. The molecule has 8 nitrogen and oxygen atoms in total. The maximum absolute atomic E-state index is 12.6. The number of anilines is 1. The molecule has 0 saturated heterocycles. The van der Waals surface area contributed by atoms with Crippen molar-refractivity contribution in [3.05, 3.63) is 64.7 Å². The lowest BCUT2D eigenvalue weighted by atomic mass is 10.2. The lowest BCUT2D eigenvalue weighted by Gasteiger charge is -2.18. The van der Waals surface area contributed by atoms with Crippen molar-refractivity contribution in [3.8, 4) is 0 Å². The summed E-state index contributed by atoms with van der Waals surface area (Å²) in [5.41, 5.74) is 0.0561. The summed E-state index contributed by atoms with van der Waals surface area (Å²) in [5.74, 6) is -0.0197. The molecule has 2 aromatic carbocycles. The molecule has 0 spiro atoms. The van der Waals surface area contributed by atoms with Gasteiger partial charge >= 0.3 is 0 Å². The molecule has 27 heavy (non-hydrogen) atoms. The van der Waals surface area contributed by atoms with Crippen molar-refractivity contribution < 1.29 is 18.1 Å². The van der Waals surface area contributed by atoms with Crippen LogP contribution in [0.15, 0.2) is 59.5 Å². The molecule has 0 aromatic heterocycles. The molecule has 0 aliphatic rings. The highest BCUT2D eigenvalue weighted by Crippen LogP contribution is 2.18. The Balaban J connectivity index is 2.18. The number of thioether (sulfide) groups is 1. The summed E-state index contributed by atoms with van der Waals surface area (Å²) in [6.07, 6.45) is 2.12. The van der Waals surface area contributed by atoms with E-state index in [2.05, 4.69) is 10.0 Å². The standard InChI is InChI=1S/C17H19N3O5S2/c1-26-11-10-16(19-27(24,25)15-8-3-2-4-9-15)17(21)18-13-6-5-7-14(12-13)20(22)23/h2-9,12,16,19H,10-11H2,1H3,(H,18,21)/t16-/m0/s1. The number of amides is 1. The molecule has 1 amide bonds. The van der Waals surface area contributed by atoms with Gasteiger partial charge in [-0.1, -0.05) is 24.3 Å². The minimum absolute atomic E-state index is 0.0577. The van der Waals surface area contributed by atoms with Crippen LogP contribution in [0, 0.1) is 10.1 Å². The SMILES string of the molecule is CSCC[C@H](NS(=O)(=O)c1ccccc1)C(=O)Nc1cccc([N+](=O)[O-])c1. The number of hydrogen-bond donors (Lipinski definition) is 2. The van der Waals surface area contributed by atoms with Gasteiger partial charge in [0.2, 0.25) is 15.9 Å². The molecular weight excluding hydrogens is 390 g/mol. The van der Waals surface area contributed by atoms with E-state index >= 15 is 0 Å². The topological polar surface area (TPSA) is 118 Å². The Morgan fingerprint density at radius 3 is 2.52 bits per heavy atom. The number of non-ortho nitro benzene ring substituents is 1. The van der Waals surface area contributed by atoms with E-state index in [1.165, 1.54) is 48.2 Å². The average molecular weight is 409 g/mol. The second kappa shape index (κ2) is 9.49. The molecule has 0 heterocycles. The van der Waals surface area contributed by atoms with E-state index in [0.29, 0.717) is 5.75 Å². The predicted octanol–water partition coefficient (Wildman–Crippen LogP) is 2.63. The first kappa shape index (κ1) is 20.9. The van der Waals surface area contributed by atoms with Crippen LogP contribution in [0.2, 0.25) is 0 Å². The predicted molar refractivity (Wildman–Crippen MR) is 105 cm³/mol. The number of sulfonamides is 1. The zero-order valence-corrected chi connectivity index (χ0v) is 16.1. The Hall–Kier alpha value is -2.43. The van der Waals surface area contributed by atoms with Gasteiger partial charge < -0.3 is 5.32 Å². The summed E-state index contributed by atoms with van der Waals surface area (Å²) >= 11 is 1.48. The van der Waals surface area contributed by atoms with Gasteiger partial charge in [-0.05, 0) is 36.6 Å². The summed E-state index contributed by atoms with van der Waals surface area (Å²) in [5, 5.41) is 13.4. The molecule has 10 heteroatoms. The molecule has 0 saturated carbocycles. The van der Waals surface area contributed by atoms with Gasteiger partial charge in [0.25, 0.3) is 5.69 Å². The minimum Gasteiger partial charge on any atom is -0.324 e. The fourth-order valence-corrected chi connectivity index (χ4v) is 3.98. The van der Waals surface area contributed by atoms with Crippen molar-refractivity contribution in [2.24, 2.45) is 0 Å². The quantitative estimate of drug-likeness (QED) is 0.485. The second-order valence-electron chi connectivity index (χ2n) is 5.57. The van der Waals surface area contributed by atoms with Crippen molar-refractivity contribution in [2.75, 3.05) is 17.3 Å². The molecule has 1 atom stereocenters. The molecule has 0 fully saturated rings. The van der Waals surface area contributed by atoms with Crippen molar-refractivity contribution in [2.45, 2.75) is 17.4 Å². The lowest BCUT2D eigenvalue weighted by molar-refractivity contribution is -0.384. The summed E-state index contributed by atoms with van der Waals surface area (Å²) in [7, 11) is -3.88.